The molecule has 0 radical (unpaired) electrons. The van der Waals surface area contributed by atoms with E-state index in [4.69, 9.17) is 9.47 Å². The van der Waals surface area contributed by atoms with Crippen LogP contribution in [-0.4, -0.2) is 36.6 Å². The van der Waals surface area contributed by atoms with Crippen LogP contribution in [0.2, 0.25) is 0 Å². The van der Waals surface area contributed by atoms with Crippen LogP contribution in [0, 0.1) is 0 Å². The van der Waals surface area contributed by atoms with E-state index < -0.39 is 6.10 Å². The van der Waals surface area contributed by atoms with Gasteiger partial charge in [-0.25, -0.2) is 4.98 Å². The van der Waals surface area contributed by atoms with Gasteiger partial charge in [0.1, 0.15) is 6.10 Å². The molecule has 1 aliphatic heterocycles. The molecule has 7 nitrogen and oxygen atoms in total. The fourth-order valence-electron chi connectivity index (χ4n) is 2.52. The summed E-state index contributed by atoms with van der Waals surface area (Å²) < 4.78 is 10.3. The molecule has 1 aromatic heterocycles. The lowest BCUT2D eigenvalue weighted by Gasteiger charge is -2.11. The zero-order chi connectivity index (χ0) is 17.6. The predicted octanol–water partition coefficient (Wildman–Crippen LogP) is 2.46. The van der Waals surface area contributed by atoms with Gasteiger partial charge in [-0.1, -0.05) is 6.07 Å². The molecular formula is C18H19N3O4. The lowest BCUT2D eigenvalue weighted by Crippen LogP contribution is -2.27. The average Bonchev–Trinajstić information content (AvgIpc) is 3.17. The normalized spacial score (nSPS) is 16.3. The molecule has 1 fully saturated rings. The third-order valence-corrected chi connectivity index (χ3v) is 3.82. The molecule has 3 rings (SSSR count). The number of carbonyl (C=O) groups excluding carboxylic acids is 2. The maximum Gasteiger partial charge on any atom is 0.255 e. The summed E-state index contributed by atoms with van der Waals surface area (Å²) in [6, 6.07) is 10.1. The van der Waals surface area contributed by atoms with Gasteiger partial charge < -0.3 is 20.1 Å². The summed E-state index contributed by atoms with van der Waals surface area (Å²) in [6.45, 7) is 0.608. The van der Waals surface area contributed by atoms with E-state index in [0.29, 0.717) is 29.4 Å². The fraction of sp³-hybridized carbons (Fsp3) is 0.278. The number of nitrogens with one attached hydrogen (secondary N) is 2. The van der Waals surface area contributed by atoms with Crippen molar-refractivity contribution < 1.29 is 19.1 Å². The molecular weight excluding hydrogens is 322 g/mol. The number of carbonyl (C=O) groups is 2. The van der Waals surface area contributed by atoms with Crippen molar-refractivity contribution >= 4 is 23.2 Å². The second-order valence-electron chi connectivity index (χ2n) is 5.62. The molecule has 1 aliphatic rings. The number of pyridine rings is 1. The molecule has 0 bridgehead atoms. The number of hydrogen-bond donors (Lipinski definition) is 2. The molecule has 1 atom stereocenters. The van der Waals surface area contributed by atoms with Crippen LogP contribution in [0.5, 0.6) is 5.88 Å². The van der Waals surface area contributed by atoms with Gasteiger partial charge in [0, 0.05) is 23.9 Å². The zero-order valence-electron chi connectivity index (χ0n) is 13.8. The Morgan fingerprint density at radius 1 is 1.20 bits per heavy atom. The van der Waals surface area contributed by atoms with E-state index >= 15 is 0 Å². The number of benzene rings is 1. The Balaban J connectivity index is 1.65. The molecule has 2 amide bonds. The molecule has 2 N–H and O–H groups in total. The third kappa shape index (κ3) is 4.33. The van der Waals surface area contributed by atoms with Crippen LogP contribution < -0.4 is 15.4 Å². The van der Waals surface area contributed by atoms with Crippen LogP contribution in [0.3, 0.4) is 0 Å². The first kappa shape index (κ1) is 16.9. The fourth-order valence-corrected chi connectivity index (χ4v) is 2.52. The highest BCUT2D eigenvalue weighted by molar-refractivity contribution is 6.05. The number of anilines is 2. The lowest BCUT2D eigenvalue weighted by atomic mass is 10.1. The van der Waals surface area contributed by atoms with Gasteiger partial charge in [-0.2, -0.15) is 0 Å². The predicted molar refractivity (Wildman–Crippen MR) is 92.8 cm³/mol. The first-order chi connectivity index (χ1) is 12.2. The smallest absolute Gasteiger partial charge is 0.255 e. The molecule has 0 spiro atoms. The number of amides is 2. The van der Waals surface area contributed by atoms with Gasteiger partial charge in [0.25, 0.3) is 11.8 Å². The van der Waals surface area contributed by atoms with Gasteiger partial charge >= 0.3 is 0 Å². The summed E-state index contributed by atoms with van der Waals surface area (Å²) in [7, 11) is 1.52. The molecule has 7 heteroatoms. The van der Waals surface area contributed by atoms with Crippen LogP contribution in [0.25, 0.3) is 0 Å². The highest BCUT2D eigenvalue weighted by Crippen LogP contribution is 2.17. The topological polar surface area (TPSA) is 89.6 Å². The van der Waals surface area contributed by atoms with Crippen molar-refractivity contribution in [2.45, 2.75) is 18.9 Å². The maximum atomic E-state index is 12.4. The molecule has 0 aliphatic carbocycles. The van der Waals surface area contributed by atoms with Gasteiger partial charge in [-0.05, 0) is 37.1 Å². The Labute approximate surface area is 145 Å². The van der Waals surface area contributed by atoms with Gasteiger partial charge in [0.05, 0.1) is 19.0 Å². The number of methoxy groups -OCH3 is 1. The van der Waals surface area contributed by atoms with Crippen LogP contribution in [0.4, 0.5) is 11.4 Å². The molecule has 2 aromatic rings. The third-order valence-electron chi connectivity index (χ3n) is 3.82. The van der Waals surface area contributed by atoms with E-state index in [1.165, 1.54) is 13.3 Å². The van der Waals surface area contributed by atoms with Crippen LogP contribution >= 0.6 is 0 Å². The van der Waals surface area contributed by atoms with E-state index in [0.717, 1.165) is 12.8 Å². The van der Waals surface area contributed by atoms with Crippen LogP contribution in [0.1, 0.15) is 23.2 Å². The summed E-state index contributed by atoms with van der Waals surface area (Å²) in [5.74, 6) is -0.00793. The molecule has 1 saturated heterocycles. The number of aromatic nitrogens is 1. The molecule has 130 valence electrons. The van der Waals surface area contributed by atoms with E-state index in [2.05, 4.69) is 15.6 Å². The molecule has 1 aromatic carbocycles. The SMILES string of the molecule is COc1ccc(NC(=O)c2cccc(NC(=O)C3CCCO3)c2)cn1. The lowest BCUT2D eigenvalue weighted by molar-refractivity contribution is -0.124. The molecule has 0 saturated carbocycles. The zero-order valence-corrected chi connectivity index (χ0v) is 13.8. The summed E-state index contributed by atoms with van der Waals surface area (Å²) in [6.07, 6.45) is 2.70. The standard InChI is InChI=1S/C18H19N3O4/c1-24-16-8-7-14(11-19-16)21-17(22)12-4-2-5-13(10-12)20-18(23)15-6-3-9-25-15/h2,4-5,7-8,10-11,15H,3,6,9H2,1H3,(H,20,23)(H,21,22). The van der Waals surface area contributed by atoms with E-state index in [1.807, 2.05) is 0 Å². The number of hydrogen-bond acceptors (Lipinski definition) is 5. The molecule has 2 heterocycles. The summed E-state index contributed by atoms with van der Waals surface area (Å²) >= 11 is 0. The second-order valence-corrected chi connectivity index (χ2v) is 5.62. The Hall–Kier alpha value is -2.93. The second kappa shape index (κ2) is 7.76. The minimum Gasteiger partial charge on any atom is -0.481 e. The van der Waals surface area contributed by atoms with E-state index in [1.54, 1.807) is 36.4 Å². The van der Waals surface area contributed by atoms with Crippen molar-refractivity contribution in [2.24, 2.45) is 0 Å². The monoisotopic (exact) mass is 341 g/mol. The number of ether oxygens (including phenoxy) is 2. The number of nitrogens with zero attached hydrogens (tertiary/aromatic N) is 1. The Kier molecular flexibility index (Phi) is 5.25. The van der Waals surface area contributed by atoms with Crippen molar-refractivity contribution in [3.8, 4) is 5.88 Å². The van der Waals surface area contributed by atoms with Crippen molar-refractivity contribution in [3.63, 3.8) is 0 Å². The van der Waals surface area contributed by atoms with Crippen LogP contribution in [-0.2, 0) is 9.53 Å². The first-order valence-electron chi connectivity index (χ1n) is 7.99. The van der Waals surface area contributed by atoms with Crippen molar-refractivity contribution in [3.05, 3.63) is 48.2 Å². The highest BCUT2D eigenvalue weighted by Gasteiger charge is 2.23. The number of rotatable bonds is 5. The van der Waals surface area contributed by atoms with E-state index in [9.17, 15) is 9.59 Å². The minimum atomic E-state index is -0.414. The summed E-state index contributed by atoms with van der Waals surface area (Å²) in [5, 5.41) is 5.54. The molecule has 1 unspecified atom stereocenters. The highest BCUT2D eigenvalue weighted by atomic mass is 16.5. The van der Waals surface area contributed by atoms with Crippen molar-refractivity contribution in [1.82, 2.24) is 4.98 Å². The van der Waals surface area contributed by atoms with Gasteiger partial charge in [-0.15, -0.1) is 0 Å². The summed E-state index contributed by atoms with van der Waals surface area (Å²) in [5.41, 5.74) is 1.54. The maximum absolute atomic E-state index is 12.4. The van der Waals surface area contributed by atoms with Crippen molar-refractivity contribution in [1.29, 1.82) is 0 Å². The quantitative estimate of drug-likeness (QED) is 0.872. The Morgan fingerprint density at radius 3 is 2.76 bits per heavy atom. The molecule has 25 heavy (non-hydrogen) atoms. The average molecular weight is 341 g/mol. The Morgan fingerprint density at radius 2 is 2.08 bits per heavy atom. The van der Waals surface area contributed by atoms with E-state index in [-0.39, 0.29) is 11.8 Å². The van der Waals surface area contributed by atoms with Gasteiger partial charge in [0.15, 0.2) is 0 Å². The van der Waals surface area contributed by atoms with Gasteiger partial charge in [0.2, 0.25) is 5.88 Å². The largest absolute Gasteiger partial charge is 0.481 e. The van der Waals surface area contributed by atoms with Crippen LogP contribution in [0.15, 0.2) is 42.6 Å². The Bertz CT molecular complexity index is 755. The first-order valence-corrected chi connectivity index (χ1v) is 7.99. The minimum absolute atomic E-state index is 0.186. The van der Waals surface area contributed by atoms with Gasteiger partial charge in [-0.3, -0.25) is 9.59 Å². The summed E-state index contributed by atoms with van der Waals surface area (Å²) in [4.78, 5) is 28.5. The van der Waals surface area contributed by atoms with Crippen molar-refractivity contribution in [2.75, 3.05) is 24.4 Å².